The Morgan fingerprint density at radius 1 is 1.06 bits per heavy atom. The number of nitrogens with zero attached hydrogens (tertiary/aromatic N) is 2. The average Bonchev–Trinajstić information content (AvgIpc) is 3.10. The molecule has 0 unspecified atom stereocenters. The van der Waals surface area contributed by atoms with Crippen molar-refractivity contribution in [1.82, 2.24) is 19.9 Å². The molecule has 0 spiro atoms. The monoisotopic (exact) mass is 440 g/mol. The number of aromatic nitrogens is 3. The molecule has 0 atom stereocenters. The maximum atomic E-state index is 14.2. The highest BCUT2D eigenvalue weighted by atomic mass is 19.1. The molecule has 164 valence electrons. The first-order valence-electron chi connectivity index (χ1n) is 10.5. The topological polar surface area (TPSA) is 79.8 Å². The smallest absolute Gasteiger partial charge is 0.268 e. The van der Waals surface area contributed by atoms with Gasteiger partial charge in [0.2, 0.25) is 0 Å². The largest absolute Gasteiger partial charge is 0.347 e. The molecule has 0 fully saturated rings. The summed E-state index contributed by atoms with van der Waals surface area (Å²) in [6.45, 7) is 2.33. The standard InChI is InChI=1S/C26H21FN4O2/c1-15-7-9-16(10-8-15)14-28-26(33)23-22(19-13-17(27)11-12-21(19)31(23)2)24-29-20-6-4-3-5-18(20)25(32)30-24/h3-13H,14H2,1-2H3,(H,28,33)(H,29,30,32). The van der Waals surface area contributed by atoms with Gasteiger partial charge >= 0.3 is 0 Å². The molecular weight excluding hydrogens is 419 g/mol. The molecule has 0 saturated heterocycles. The van der Waals surface area contributed by atoms with Gasteiger partial charge in [0.25, 0.3) is 11.5 Å². The van der Waals surface area contributed by atoms with E-state index in [0.29, 0.717) is 39.6 Å². The third-order valence-electron chi connectivity index (χ3n) is 5.80. The maximum absolute atomic E-state index is 14.2. The quantitative estimate of drug-likeness (QED) is 0.433. The minimum Gasteiger partial charge on any atom is -0.347 e. The Bertz CT molecular complexity index is 1580. The van der Waals surface area contributed by atoms with E-state index >= 15 is 0 Å². The van der Waals surface area contributed by atoms with E-state index in [1.807, 2.05) is 31.2 Å². The van der Waals surface area contributed by atoms with Crippen LogP contribution in [0.1, 0.15) is 21.6 Å². The van der Waals surface area contributed by atoms with Crippen molar-refractivity contribution in [2.45, 2.75) is 13.5 Å². The summed E-state index contributed by atoms with van der Waals surface area (Å²) in [4.78, 5) is 33.5. The highest BCUT2D eigenvalue weighted by molar-refractivity contribution is 6.09. The summed E-state index contributed by atoms with van der Waals surface area (Å²) in [7, 11) is 1.74. The first kappa shape index (κ1) is 20.6. The van der Waals surface area contributed by atoms with Crippen molar-refractivity contribution in [2.75, 3.05) is 0 Å². The number of H-pyrrole nitrogens is 1. The molecule has 6 nitrogen and oxygen atoms in total. The van der Waals surface area contributed by atoms with Crippen molar-refractivity contribution in [3.05, 3.63) is 99.7 Å². The van der Waals surface area contributed by atoms with Crippen LogP contribution < -0.4 is 10.9 Å². The fourth-order valence-corrected chi connectivity index (χ4v) is 4.10. The normalized spacial score (nSPS) is 11.2. The number of hydrogen-bond acceptors (Lipinski definition) is 3. The molecule has 2 heterocycles. The van der Waals surface area contributed by atoms with E-state index in [1.54, 1.807) is 41.9 Å². The van der Waals surface area contributed by atoms with E-state index in [-0.39, 0.29) is 17.3 Å². The first-order chi connectivity index (χ1) is 15.9. The molecule has 5 rings (SSSR count). The zero-order chi connectivity index (χ0) is 23.1. The second-order valence-electron chi connectivity index (χ2n) is 8.04. The third kappa shape index (κ3) is 3.67. The number of aromatic amines is 1. The van der Waals surface area contributed by atoms with Crippen molar-refractivity contribution in [1.29, 1.82) is 0 Å². The molecule has 1 amide bonds. The van der Waals surface area contributed by atoms with E-state index in [4.69, 9.17) is 0 Å². The van der Waals surface area contributed by atoms with Crippen molar-refractivity contribution < 1.29 is 9.18 Å². The lowest BCUT2D eigenvalue weighted by Crippen LogP contribution is -2.26. The number of rotatable bonds is 4. The molecule has 33 heavy (non-hydrogen) atoms. The number of aryl methyl sites for hydroxylation is 2. The van der Waals surface area contributed by atoms with Gasteiger partial charge in [0.05, 0.1) is 16.5 Å². The zero-order valence-corrected chi connectivity index (χ0v) is 18.1. The highest BCUT2D eigenvalue weighted by Gasteiger charge is 2.24. The lowest BCUT2D eigenvalue weighted by molar-refractivity contribution is 0.0944. The third-order valence-corrected chi connectivity index (χ3v) is 5.80. The Morgan fingerprint density at radius 3 is 2.61 bits per heavy atom. The maximum Gasteiger partial charge on any atom is 0.268 e. The van der Waals surface area contributed by atoms with Gasteiger partial charge in [-0.2, -0.15) is 0 Å². The molecule has 0 aliphatic carbocycles. The van der Waals surface area contributed by atoms with E-state index in [9.17, 15) is 14.0 Å². The fraction of sp³-hybridized carbons (Fsp3) is 0.115. The summed E-state index contributed by atoms with van der Waals surface area (Å²) >= 11 is 0. The van der Waals surface area contributed by atoms with E-state index < -0.39 is 5.82 Å². The van der Waals surface area contributed by atoms with Crippen LogP contribution in [0.3, 0.4) is 0 Å². The molecule has 0 radical (unpaired) electrons. The van der Waals surface area contributed by atoms with Crippen LogP contribution in [0.25, 0.3) is 33.2 Å². The van der Waals surface area contributed by atoms with E-state index in [0.717, 1.165) is 11.1 Å². The number of benzene rings is 3. The number of nitrogens with one attached hydrogen (secondary N) is 2. The van der Waals surface area contributed by atoms with Gasteiger partial charge in [0.1, 0.15) is 17.3 Å². The van der Waals surface area contributed by atoms with Gasteiger partial charge in [-0.3, -0.25) is 9.59 Å². The summed E-state index contributed by atoms with van der Waals surface area (Å²) in [5.74, 6) is -0.569. The predicted molar refractivity (Wildman–Crippen MR) is 127 cm³/mol. The first-order valence-corrected chi connectivity index (χ1v) is 10.5. The van der Waals surface area contributed by atoms with Gasteiger partial charge in [-0.1, -0.05) is 42.0 Å². The Hall–Kier alpha value is -4.26. The fourth-order valence-electron chi connectivity index (χ4n) is 4.10. The minimum absolute atomic E-state index is 0.218. The number of halogens is 1. The van der Waals surface area contributed by atoms with Gasteiger partial charge in [-0.05, 0) is 42.8 Å². The van der Waals surface area contributed by atoms with Crippen molar-refractivity contribution >= 4 is 27.7 Å². The molecule has 2 aromatic heterocycles. The average molecular weight is 440 g/mol. The van der Waals surface area contributed by atoms with Crippen LogP contribution in [0.2, 0.25) is 0 Å². The van der Waals surface area contributed by atoms with Crippen molar-refractivity contribution in [3.8, 4) is 11.4 Å². The van der Waals surface area contributed by atoms with Gasteiger partial charge in [-0.15, -0.1) is 0 Å². The van der Waals surface area contributed by atoms with Gasteiger partial charge in [0.15, 0.2) is 0 Å². The predicted octanol–water partition coefficient (Wildman–Crippen LogP) is 4.46. The zero-order valence-electron chi connectivity index (χ0n) is 18.1. The molecule has 0 aliphatic heterocycles. The van der Waals surface area contributed by atoms with Gasteiger partial charge in [0, 0.05) is 24.5 Å². The Morgan fingerprint density at radius 2 is 1.82 bits per heavy atom. The molecule has 3 aromatic carbocycles. The summed E-state index contributed by atoms with van der Waals surface area (Å²) in [6.07, 6.45) is 0. The minimum atomic E-state index is -0.441. The molecule has 5 aromatic rings. The molecule has 0 aliphatic rings. The SMILES string of the molecule is Cc1ccc(CNC(=O)c2c(-c3nc4ccccc4c(=O)[nH]3)c3cc(F)ccc3n2C)cc1. The number of carbonyl (C=O) groups excluding carboxylic acids is 1. The van der Waals surface area contributed by atoms with Crippen molar-refractivity contribution in [2.24, 2.45) is 7.05 Å². The highest BCUT2D eigenvalue weighted by Crippen LogP contribution is 2.33. The summed E-state index contributed by atoms with van der Waals surface area (Å²) in [6, 6.07) is 19.2. The Labute approximate surface area is 188 Å². The molecule has 7 heteroatoms. The number of amides is 1. The second-order valence-corrected chi connectivity index (χ2v) is 8.04. The van der Waals surface area contributed by atoms with E-state index in [1.165, 1.54) is 12.1 Å². The van der Waals surface area contributed by atoms with Crippen LogP contribution in [-0.2, 0) is 13.6 Å². The second kappa shape index (κ2) is 8.02. The van der Waals surface area contributed by atoms with Gasteiger partial charge < -0.3 is 14.9 Å². The lowest BCUT2D eigenvalue weighted by atomic mass is 10.1. The summed E-state index contributed by atoms with van der Waals surface area (Å²) in [5.41, 5.74) is 3.60. The molecule has 0 saturated carbocycles. The van der Waals surface area contributed by atoms with Crippen LogP contribution >= 0.6 is 0 Å². The lowest BCUT2D eigenvalue weighted by Gasteiger charge is -2.10. The van der Waals surface area contributed by atoms with Crippen LogP contribution in [0.5, 0.6) is 0 Å². The molecule has 2 N–H and O–H groups in total. The van der Waals surface area contributed by atoms with Crippen molar-refractivity contribution in [3.63, 3.8) is 0 Å². The summed E-state index contributed by atoms with van der Waals surface area (Å²) < 4.78 is 15.9. The van der Waals surface area contributed by atoms with Crippen LogP contribution in [-0.4, -0.2) is 20.4 Å². The van der Waals surface area contributed by atoms with Crippen LogP contribution in [0.15, 0.2) is 71.5 Å². The Kier molecular flexibility index (Phi) is 5.01. The number of carbonyl (C=O) groups is 1. The Balaban J connectivity index is 1.67. The molecular formula is C26H21FN4O2. The van der Waals surface area contributed by atoms with E-state index in [2.05, 4.69) is 15.3 Å². The van der Waals surface area contributed by atoms with Crippen LogP contribution in [0, 0.1) is 12.7 Å². The van der Waals surface area contributed by atoms with Gasteiger partial charge in [-0.25, -0.2) is 9.37 Å². The number of fused-ring (bicyclic) bond motifs is 2. The van der Waals surface area contributed by atoms with Crippen LogP contribution in [0.4, 0.5) is 4.39 Å². The number of para-hydroxylation sites is 1. The number of hydrogen-bond donors (Lipinski definition) is 2. The summed E-state index contributed by atoms with van der Waals surface area (Å²) in [5, 5.41) is 3.88. The molecule has 0 bridgehead atoms.